The summed E-state index contributed by atoms with van der Waals surface area (Å²) in [6, 6.07) is 7.14. The van der Waals surface area contributed by atoms with E-state index >= 15 is 0 Å². The third kappa shape index (κ3) is 4.33. The minimum absolute atomic E-state index is 0.159. The first-order valence-electron chi connectivity index (χ1n) is 5.13. The first-order valence-corrected chi connectivity index (χ1v) is 5.51. The molecule has 0 spiro atoms. The number of carbonyl (C=O) groups is 1. The van der Waals surface area contributed by atoms with E-state index in [1.807, 2.05) is 6.07 Å². The molecule has 1 N–H and O–H groups in total. The lowest BCUT2D eigenvalue weighted by Gasteiger charge is -2.09. The van der Waals surface area contributed by atoms with Crippen LogP contribution in [0, 0.1) is 11.3 Å². The maximum absolute atomic E-state index is 11.3. The summed E-state index contributed by atoms with van der Waals surface area (Å²) in [5.41, 5.74) is 0.810. The Kier molecular flexibility index (Phi) is 5.31. The second-order valence-corrected chi connectivity index (χ2v) is 3.83. The Morgan fingerprint density at radius 3 is 3.00 bits per heavy atom. The van der Waals surface area contributed by atoms with Crippen LogP contribution in [0.4, 0.5) is 0 Å². The van der Waals surface area contributed by atoms with E-state index in [-0.39, 0.29) is 18.7 Å². The number of rotatable bonds is 5. The number of nitrogens with one attached hydrogen (secondary N) is 1. The largest absolute Gasteiger partial charge is 0.496 e. The number of hydrogen-bond donors (Lipinski definition) is 1. The summed E-state index contributed by atoms with van der Waals surface area (Å²) in [5.74, 6) is 0.517. The third-order valence-corrected chi connectivity index (χ3v) is 2.42. The Balaban J connectivity index is 2.59. The van der Waals surface area contributed by atoms with Gasteiger partial charge in [-0.1, -0.05) is 11.6 Å². The van der Waals surface area contributed by atoms with E-state index in [9.17, 15) is 4.79 Å². The van der Waals surface area contributed by atoms with E-state index in [1.165, 1.54) is 0 Å². The van der Waals surface area contributed by atoms with Crippen molar-refractivity contribution in [2.75, 3.05) is 7.11 Å². The van der Waals surface area contributed by atoms with Gasteiger partial charge in [-0.2, -0.15) is 5.26 Å². The lowest BCUT2D eigenvalue weighted by molar-refractivity contribution is -0.121. The van der Waals surface area contributed by atoms with Crippen molar-refractivity contribution in [3.8, 4) is 11.8 Å². The van der Waals surface area contributed by atoms with Crippen LogP contribution in [-0.2, 0) is 11.3 Å². The summed E-state index contributed by atoms with van der Waals surface area (Å²) in [4.78, 5) is 11.3. The molecule has 0 bridgehead atoms. The van der Waals surface area contributed by atoms with E-state index < -0.39 is 0 Å². The van der Waals surface area contributed by atoms with E-state index in [4.69, 9.17) is 21.6 Å². The number of carbonyl (C=O) groups excluding carboxylic acids is 1. The van der Waals surface area contributed by atoms with Crippen molar-refractivity contribution >= 4 is 17.5 Å². The van der Waals surface area contributed by atoms with Crippen molar-refractivity contribution < 1.29 is 9.53 Å². The summed E-state index contributed by atoms with van der Waals surface area (Å²) in [7, 11) is 1.56. The molecule has 1 rings (SSSR count). The fourth-order valence-electron chi connectivity index (χ4n) is 1.34. The summed E-state index contributed by atoms with van der Waals surface area (Å²) >= 11 is 5.86. The molecular formula is C12H13ClN2O2. The Hall–Kier alpha value is -1.73. The fraction of sp³-hybridized carbons (Fsp3) is 0.333. The molecule has 0 atom stereocenters. The summed E-state index contributed by atoms with van der Waals surface area (Å²) in [5, 5.41) is 11.6. The molecule has 0 aliphatic heterocycles. The van der Waals surface area contributed by atoms with Crippen LogP contribution in [0.3, 0.4) is 0 Å². The molecule has 17 heavy (non-hydrogen) atoms. The number of methoxy groups -OCH3 is 1. The minimum atomic E-state index is -0.159. The van der Waals surface area contributed by atoms with Gasteiger partial charge in [0.25, 0.3) is 0 Å². The molecule has 1 aromatic rings. The molecule has 0 saturated heterocycles. The second kappa shape index (κ2) is 6.77. The van der Waals surface area contributed by atoms with Gasteiger partial charge < -0.3 is 10.1 Å². The highest BCUT2D eigenvalue weighted by molar-refractivity contribution is 6.30. The zero-order valence-electron chi connectivity index (χ0n) is 9.50. The molecule has 0 aliphatic rings. The van der Waals surface area contributed by atoms with Gasteiger partial charge in [-0.05, 0) is 18.2 Å². The van der Waals surface area contributed by atoms with Crippen molar-refractivity contribution in [3.63, 3.8) is 0 Å². The Morgan fingerprint density at radius 1 is 1.59 bits per heavy atom. The smallest absolute Gasteiger partial charge is 0.221 e. The monoisotopic (exact) mass is 252 g/mol. The number of ether oxygens (including phenoxy) is 1. The second-order valence-electron chi connectivity index (χ2n) is 3.39. The van der Waals surface area contributed by atoms with Crippen molar-refractivity contribution in [2.45, 2.75) is 19.4 Å². The highest BCUT2D eigenvalue weighted by atomic mass is 35.5. The van der Waals surface area contributed by atoms with Crippen LogP contribution in [-0.4, -0.2) is 13.0 Å². The summed E-state index contributed by atoms with van der Waals surface area (Å²) in [6.07, 6.45) is 0.428. The fourth-order valence-corrected chi connectivity index (χ4v) is 1.53. The SMILES string of the molecule is COc1ccc(Cl)cc1CNC(=O)CCC#N. The first kappa shape index (κ1) is 13.3. The van der Waals surface area contributed by atoms with Crippen molar-refractivity contribution in [1.82, 2.24) is 5.32 Å². The van der Waals surface area contributed by atoms with Gasteiger partial charge in [0.1, 0.15) is 5.75 Å². The minimum Gasteiger partial charge on any atom is -0.496 e. The highest BCUT2D eigenvalue weighted by Gasteiger charge is 2.06. The number of hydrogen-bond acceptors (Lipinski definition) is 3. The number of halogens is 1. The number of amides is 1. The zero-order valence-corrected chi connectivity index (χ0v) is 10.3. The Morgan fingerprint density at radius 2 is 2.35 bits per heavy atom. The summed E-state index contributed by atoms with van der Waals surface area (Å²) in [6.45, 7) is 0.341. The lowest BCUT2D eigenvalue weighted by atomic mass is 10.2. The molecule has 0 heterocycles. The normalized spacial score (nSPS) is 9.47. The molecule has 0 radical (unpaired) electrons. The molecular weight excluding hydrogens is 240 g/mol. The van der Waals surface area contributed by atoms with Crippen LogP contribution in [0.2, 0.25) is 5.02 Å². The van der Waals surface area contributed by atoms with Gasteiger partial charge in [0.15, 0.2) is 0 Å². The van der Waals surface area contributed by atoms with Crippen molar-refractivity contribution in [3.05, 3.63) is 28.8 Å². The van der Waals surface area contributed by atoms with Crippen LogP contribution in [0.5, 0.6) is 5.75 Å². The molecule has 5 heteroatoms. The standard InChI is InChI=1S/C12H13ClN2O2/c1-17-11-5-4-10(13)7-9(11)8-15-12(16)3-2-6-14/h4-5,7H,2-3,8H2,1H3,(H,15,16). The number of nitriles is 1. The van der Waals surface area contributed by atoms with E-state index in [0.717, 1.165) is 5.56 Å². The zero-order chi connectivity index (χ0) is 12.7. The van der Waals surface area contributed by atoms with E-state index in [0.29, 0.717) is 17.3 Å². The van der Waals surface area contributed by atoms with E-state index in [1.54, 1.807) is 25.3 Å². The topological polar surface area (TPSA) is 62.1 Å². The average molecular weight is 253 g/mol. The summed E-state index contributed by atoms with van der Waals surface area (Å²) < 4.78 is 5.15. The predicted molar refractivity (Wildman–Crippen MR) is 64.7 cm³/mol. The lowest BCUT2D eigenvalue weighted by Crippen LogP contribution is -2.22. The molecule has 0 aromatic heterocycles. The average Bonchev–Trinajstić information content (AvgIpc) is 2.34. The molecule has 0 aliphatic carbocycles. The van der Waals surface area contributed by atoms with Crippen LogP contribution < -0.4 is 10.1 Å². The molecule has 1 amide bonds. The van der Waals surface area contributed by atoms with Gasteiger partial charge in [0.2, 0.25) is 5.91 Å². The van der Waals surface area contributed by atoms with Crippen molar-refractivity contribution in [1.29, 1.82) is 5.26 Å². The van der Waals surface area contributed by atoms with Gasteiger partial charge >= 0.3 is 0 Å². The quantitative estimate of drug-likeness (QED) is 0.874. The molecule has 1 aromatic carbocycles. The van der Waals surface area contributed by atoms with E-state index in [2.05, 4.69) is 5.32 Å². The van der Waals surface area contributed by atoms with Gasteiger partial charge in [0, 0.05) is 30.0 Å². The number of nitrogens with zero attached hydrogens (tertiary/aromatic N) is 1. The van der Waals surface area contributed by atoms with Crippen LogP contribution in [0.1, 0.15) is 18.4 Å². The van der Waals surface area contributed by atoms with Crippen LogP contribution in [0.15, 0.2) is 18.2 Å². The molecule has 90 valence electrons. The maximum Gasteiger partial charge on any atom is 0.221 e. The third-order valence-electron chi connectivity index (χ3n) is 2.18. The van der Waals surface area contributed by atoms with Gasteiger partial charge in [-0.15, -0.1) is 0 Å². The molecule has 0 saturated carbocycles. The van der Waals surface area contributed by atoms with Crippen LogP contribution >= 0.6 is 11.6 Å². The molecule has 0 unspecified atom stereocenters. The highest BCUT2D eigenvalue weighted by Crippen LogP contribution is 2.22. The molecule has 4 nitrogen and oxygen atoms in total. The number of benzene rings is 1. The maximum atomic E-state index is 11.3. The first-order chi connectivity index (χ1) is 8.17. The Bertz CT molecular complexity index is 441. The van der Waals surface area contributed by atoms with Gasteiger partial charge in [0.05, 0.1) is 13.2 Å². The van der Waals surface area contributed by atoms with Crippen LogP contribution in [0.25, 0.3) is 0 Å². The van der Waals surface area contributed by atoms with Crippen molar-refractivity contribution in [2.24, 2.45) is 0 Å². The molecule has 0 fully saturated rings. The van der Waals surface area contributed by atoms with Gasteiger partial charge in [-0.25, -0.2) is 0 Å². The Labute approximate surface area is 105 Å². The predicted octanol–water partition coefficient (Wildman–Crippen LogP) is 2.27. The van der Waals surface area contributed by atoms with Gasteiger partial charge in [-0.3, -0.25) is 4.79 Å².